The highest BCUT2D eigenvalue weighted by Crippen LogP contribution is 2.31. The molecule has 88 valence electrons. The first-order valence-electron chi connectivity index (χ1n) is 5.77. The second kappa shape index (κ2) is 4.83. The van der Waals surface area contributed by atoms with Crippen molar-refractivity contribution in [2.24, 2.45) is 0 Å². The molecule has 1 saturated heterocycles. The smallest absolute Gasteiger partial charge is 0.129 e. The van der Waals surface area contributed by atoms with Crippen molar-refractivity contribution in [3.8, 4) is 5.75 Å². The van der Waals surface area contributed by atoms with Crippen LogP contribution in [0, 0.1) is 12.7 Å². The van der Waals surface area contributed by atoms with Crippen LogP contribution in [0.5, 0.6) is 5.75 Å². The van der Waals surface area contributed by atoms with Gasteiger partial charge in [0.1, 0.15) is 11.6 Å². The van der Waals surface area contributed by atoms with Gasteiger partial charge in [-0.1, -0.05) is 0 Å². The molecule has 0 aromatic heterocycles. The minimum atomic E-state index is -0.0623. The summed E-state index contributed by atoms with van der Waals surface area (Å²) >= 11 is 0. The van der Waals surface area contributed by atoms with E-state index in [1.54, 1.807) is 20.1 Å². The Morgan fingerprint density at radius 2 is 2.00 bits per heavy atom. The fraction of sp³-hybridized carbons (Fsp3) is 0.538. The van der Waals surface area contributed by atoms with E-state index in [9.17, 15) is 4.39 Å². The van der Waals surface area contributed by atoms with Crippen molar-refractivity contribution in [2.45, 2.75) is 25.7 Å². The summed E-state index contributed by atoms with van der Waals surface area (Å²) in [6.45, 7) is 3.74. The number of piperidine rings is 1. The normalized spacial score (nSPS) is 17.4. The van der Waals surface area contributed by atoms with Crippen molar-refractivity contribution >= 4 is 0 Å². The van der Waals surface area contributed by atoms with Crippen LogP contribution in [0.3, 0.4) is 0 Å². The van der Waals surface area contributed by atoms with Gasteiger partial charge in [-0.05, 0) is 62.0 Å². The van der Waals surface area contributed by atoms with Crippen molar-refractivity contribution in [3.63, 3.8) is 0 Å². The van der Waals surface area contributed by atoms with Crippen molar-refractivity contribution in [1.82, 2.24) is 5.32 Å². The molecule has 1 aromatic carbocycles. The van der Waals surface area contributed by atoms with E-state index >= 15 is 0 Å². The zero-order valence-electron chi connectivity index (χ0n) is 9.85. The summed E-state index contributed by atoms with van der Waals surface area (Å²) in [7, 11) is 1.62. The zero-order chi connectivity index (χ0) is 11.5. The van der Waals surface area contributed by atoms with Crippen molar-refractivity contribution in [2.75, 3.05) is 20.2 Å². The quantitative estimate of drug-likeness (QED) is 0.832. The monoisotopic (exact) mass is 223 g/mol. The number of halogens is 1. The summed E-state index contributed by atoms with van der Waals surface area (Å²) in [5.74, 6) is 1.02. The predicted molar refractivity (Wildman–Crippen MR) is 62.5 cm³/mol. The average Bonchev–Trinajstić information content (AvgIpc) is 2.33. The van der Waals surface area contributed by atoms with E-state index in [1.165, 1.54) is 0 Å². The number of hydrogen-bond donors (Lipinski definition) is 1. The van der Waals surface area contributed by atoms with Gasteiger partial charge >= 0.3 is 0 Å². The van der Waals surface area contributed by atoms with Crippen LogP contribution >= 0.6 is 0 Å². The Bertz CT molecular complexity index is 372. The predicted octanol–water partition coefficient (Wildman–Crippen LogP) is 2.61. The van der Waals surface area contributed by atoms with E-state index in [-0.39, 0.29) is 5.82 Å². The SMILES string of the molecule is COc1cc(C)c(F)c(C2CCNCC2)c1. The lowest BCUT2D eigenvalue weighted by Gasteiger charge is -2.24. The van der Waals surface area contributed by atoms with E-state index in [0.29, 0.717) is 11.5 Å². The van der Waals surface area contributed by atoms with Gasteiger partial charge in [0.2, 0.25) is 0 Å². The lowest BCUT2D eigenvalue weighted by molar-refractivity contribution is 0.406. The zero-order valence-corrected chi connectivity index (χ0v) is 9.85. The van der Waals surface area contributed by atoms with E-state index in [2.05, 4.69) is 5.32 Å². The molecule has 1 aliphatic rings. The minimum absolute atomic E-state index is 0.0623. The molecule has 0 spiro atoms. The van der Waals surface area contributed by atoms with Crippen molar-refractivity contribution in [3.05, 3.63) is 29.1 Å². The van der Waals surface area contributed by atoms with Crippen LogP contribution in [-0.2, 0) is 0 Å². The summed E-state index contributed by atoms with van der Waals surface area (Å²) < 4.78 is 19.2. The summed E-state index contributed by atoms with van der Waals surface area (Å²) in [5, 5.41) is 3.29. The minimum Gasteiger partial charge on any atom is -0.497 e. The van der Waals surface area contributed by atoms with Crippen LogP contribution in [0.4, 0.5) is 4.39 Å². The first-order valence-corrected chi connectivity index (χ1v) is 5.77. The Hall–Kier alpha value is -1.09. The average molecular weight is 223 g/mol. The van der Waals surface area contributed by atoms with Gasteiger partial charge in [-0.2, -0.15) is 0 Å². The van der Waals surface area contributed by atoms with Crippen LogP contribution in [0.1, 0.15) is 29.9 Å². The third-order valence-corrected chi connectivity index (χ3v) is 3.27. The third-order valence-electron chi connectivity index (χ3n) is 3.27. The van der Waals surface area contributed by atoms with Gasteiger partial charge in [0.15, 0.2) is 0 Å². The van der Waals surface area contributed by atoms with Gasteiger partial charge in [-0.3, -0.25) is 0 Å². The Kier molecular flexibility index (Phi) is 3.44. The maximum absolute atomic E-state index is 14.0. The number of methoxy groups -OCH3 is 1. The van der Waals surface area contributed by atoms with Crippen molar-refractivity contribution < 1.29 is 9.13 Å². The largest absolute Gasteiger partial charge is 0.497 e. The molecule has 0 amide bonds. The molecule has 0 aliphatic carbocycles. The van der Waals surface area contributed by atoms with Crippen LogP contribution in [-0.4, -0.2) is 20.2 Å². The molecule has 2 nitrogen and oxygen atoms in total. The molecule has 1 heterocycles. The van der Waals surface area contributed by atoms with E-state index in [4.69, 9.17) is 4.74 Å². The highest BCUT2D eigenvalue weighted by molar-refractivity contribution is 5.37. The summed E-state index contributed by atoms with van der Waals surface area (Å²) in [5.41, 5.74) is 1.49. The summed E-state index contributed by atoms with van der Waals surface area (Å²) in [6, 6.07) is 3.60. The first-order chi connectivity index (χ1) is 7.72. The summed E-state index contributed by atoms with van der Waals surface area (Å²) in [6.07, 6.45) is 2.01. The van der Waals surface area contributed by atoms with Crippen LogP contribution in [0.2, 0.25) is 0 Å². The van der Waals surface area contributed by atoms with Gasteiger partial charge in [0, 0.05) is 0 Å². The molecule has 3 heteroatoms. The van der Waals surface area contributed by atoms with Crippen LogP contribution in [0.25, 0.3) is 0 Å². The molecule has 1 aromatic rings. The standard InChI is InChI=1S/C13H18FNO/c1-9-7-11(16-2)8-12(13(9)14)10-3-5-15-6-4-10/h7-8,10,15H,3-6H2,1-2H3. The number of benzene rings is 1. The second-order valence-electron chi connectivity index (χ2n) is 4.37. The number of rotatable bonds is 2. The van der Waals surface area contributed by atoms with Crippen LogP contribution < -0.4 is 10.1 Å². The molecule has 0 unspecified atom stereocenters. The molecular formula is C13H18FNO. The maximum atomic E-state index is 14.0. The fourth-order valence-corrected chi connectivity index (χ4v) is 2.31. The third kappa shape index (κ3) is 2.19. The Labute approximate surface area is 95.8 Å². The van der Waals surface area contributed by atoms with Gasteiger partial charge < -0.3 is 10.1 Å². The number of ether oxygens (including phenoxy) is 1. The molecular weight excluding hydrogens is 205 g/mol. The van der Waals surface area contributed by atoms with Gasteiger partial charge in [-0.15, -0.1) is 0 Å². The lowest BCUT2D eigenvalue weighted by Crippen LogP contribution is -2.27. The number of hydrogen-bond acceptors (Lipinski definition) is 2. The Morgan fingerprint density at radius 1 is 1.31 bits per heavy atom. The Morgan fingerprint density at radius 3 is 2.62 bits per heavy atom. The second-order valence-corrected chi connectivity index (χ2v) is 4.37. The van der Waals surface area contributed by atoms with Gasteiger partial charge in [-0.25, -0.2) is 4.39 Å². The molecule has 0 saturated carbocycles. The number of nitrogens with one attached hydrogen (secondary N) is 1. The molecule has 1 aliphatic heterocycles. The van der Waals surface area contributed by atoms with E-state index in [1.807, 2.05) is 6.07 Å². The maximum Gasteiger partial charge on any atom is 0.129 e. The van der Waals surface area contributed by atoms with Gasteiger partial charge in [0.25, 0.3) is 0 Å². The molecule has 2 rings (SSSR count). The molecule has 0 bridgehead atoms. The molecule has 1 fully saturated rings. The van der Waals surface area contributed by atoms with Crippen molar-refractivity contribution in [1.29, 1.82) is 0 Å². The Balaban J connectivity index is 2.33. The van der Waals surface area contributed by atoms with E-state index in [0.717, 1.165) is 37.2 Å². The number of aryl methyl sites for hydroxylation is 1. The molecule has 1 N–H and O–H groups in total. The van der Waals surface area contributed by atoms with E-state index < -0.39 is 0 Å². The molecule has 16 heavy (non-hydrogen) atoms. The van der Waals surface area contributed by atoms with Crippen LogP contribution in [0.15, 0.2) is 12.1 Å². The molecule has 0 radical (unpaired) electrons. The topological polar surface area (TPSA) is 21.3 Å². The lowest BCUT2D eigenvalue weighted by atomic mass is 9.89. The molecule has 0 atom stereocenters. The van der Waals surface area contributed by atoms with Gasteiger partial charge in [0.05, 0.1) is 7.11 Å². The summed E-state index contributed by atoms with van der Waals surface area (Å²) in [4.78, 5) is 0. The highest BCUT2D eigenvalue weighted by atomic mass is 19.1. The first kappa shape index (κ1) is 11.4. The fourth-order valence-electron chi connectivity index (χ4n) is 2.31. The highest BCUT2D eigenvalue weighted by Gasteiger charge is 2.20.